The minimum atomic E-state index is -3.36. The minimum Gasteiger partial charge on any atom is -0.593 e. The van der Waals surface area contributed by atoms with Gasteiger partial charge in [-0.2, -0.15) is 4.31 Å². The lowest BCUT2D eigenvalue weighted by Gasteiger charge is -2.54. The maximum Gasteiger partial charge on any atom is 0.321 e. The first-order chi connectivity index (χ1) is 12.4. The summed E-state index contributed by atoms with van der Waals surface area (Å²) in [5.74, 6) is 0. The summed E-state index contributed by atoms with van der Waals surface area (Å²) in [6.07, 6.45) is 2.02. The first kappa shape index (κ1) is 17.1. The molecule has 1 atom stereocenters. The zero-order valence-corrected chi connectivity index (χ0v) is 15.4. The van der Waals surface area contributed by atoms with Crippen molar-refractivity contribution in [3.05, 3.63) is 60.2 Å². The highest BCUT2D eigenvalue weighted by Crippen LogP contribution is 2.44. The highest BCUT2D eigenvalue weighted by molar-refractivity contribution is 7.98. The maximum absolute atomic E-state index is 12.4. The molecule has 0 saturated carbocycles. The molecule has 2 amide bonds. The Kier molecular flexibility index (Phi) is 4.00. The number of hydrogen-bond acceptors (Lipinski definition) is 3. The quantitative estimate of drug-likeness (QED) is 0.825. The van der Waals surface area contributed by atoms with Crippen molar-refractivity contribution >= 4 is 27.8 Å². The normalized spacial score (nSPS) is 20.1. The van der Waals surface area contributed by atoms with Crippen LogP contribution in [0.5, 0.6) is 0 Å². The Hall–Kier alpha value is -2.38. The van der Waals surface area contributed by atoms with Gasteiger partial charge in [0.05, 0.1) is 12.2 Å². The van der Waals surface area contributed by atoms with E-state index in [2.05, 4.69) is 5.32 Å². The molecule has 2 aliphatic rings. The fraction of sp³-hybridized carbons (Fsp3) is 0.316. The number of rotatable bonds is 2. The number of benzene rings is 2. The standard InChI is InChI=1S/C19H21N3O3S/c1-26(24,25)22-14-19(11-15-7-5-6-10-17(15)22)12-21(13-19)18(23)20-16-8-3-2-4-9-16/h2-10H,11-14H2,1H3,(H-,20,23,24,25). The third kappa shape index (κ3) is 3.08. The molecular formula is C19H21N3O3S. The maximum atomic E-state index is 12.4. The summed E-state index contributed by atoms with van der Waals surface area (Å²) in [6, 6.07) is 16.8. The Bertz CT molecular complexity index is 875. The Balaban J connectivity index is 1.50. The molecule has 0 aromatic heterocycles. The average molecular weight is 371 g/mol. The van der Waals surface area contributed by atoms with Crippen LogP contribution in [0.3, 0.4) is 0 Å². The van der Waals surface area contributed by atoms with Crippen molar-refractivity contribution in [1.82, 2.24) is 4.90 Å². The van der Waals surface area contributed by atoms with E-state index in [1.165, 1.54) is 10.6 Å². The fourth-order valence-corrected chi connectivity index (χ4v) is 4.94. The van der Waals surface area contributed by atoms with Crippen molar-refractivity contribution in [2.75, 3.05) is 35.5 Å². The third-order valence-electron chi connectivity index (χ3n) is 5.07. The van der Waals surface area contributed by atoms with Gasteiger partial charge in [0.2, 0.25) is 0 Å². The molecular weight excluding hydrogens is 350 g/mol. The Labute approximate surface area is 154 Å². The summed E-state index contributed by atoms with van der Waals surface area (Å²) >= 11 is 0. The average Bonchev–Trinajstić information content (AvgIpc) is 2.58. The van der Waals surface area contributed by atoms with Crippen LogP contribution >= 0.6 is 0 Å². The Morgan fingerprint density at radius 2 is 1.73 bits per heavy atom. The van der Waals surface area contributed by atoms with Crippen molar-refractivity contribution in [3.63, 3.8) is 0 Å². The van der Waals surface area contributed by atoms with Crippen LogP contribution in [0.4, 0.5) is 16.2 Å². The van der Waals surface area contributed by atoms with Crippen LogP contribution in [0, 0.1) is 5.41 Å². The Morgan fingerprint density at radius 3 is 2.42 bits per heavy atom. The van der Waals surface area contributed by atoms with E-state index >= 15 is 0 Å². The molecule has 6 nitrogen and oxygen atoms in total. The highest BCUT2D eigenvalue weighted by atomic mass is 32.3. The van der Waals surface area contributed by atoms with Gasteiger partial charge in [-0.25, -0.2) is 4.79 Å². The number of carbonyl (C=O) groups is 1. The van der Waals surface area contributed by atoms with Gasteiger partial charge in [-0.05, 0) is 30.2 Å². The van der Waals surface area contributed by atoms with Crippen LogP contribution in [-0.2, 0) is 21.0 Å². The zero-order chi connectivity index (χ0) is 18.4. The molecule has 1 unspecified atom stereocenters. The smallest absolute Gasteiger partial charge is 0.321 e. The number of nitrogens with zero attached hydrogens (tertiary/aromatic N) is 2. The largest absolute Gasteiger partial charge is 0.593 e. The van der Waals surface area contributed by atoms with Gasteiger partial charge in [-0.15, -0.1) is 0 Å². The second-order valence-electron chi connectivity index (χ2n) is 7.23. The van der Waals surface area contributed by atoms with Gasteiger partial charge in [0, 0.05) is 24.2 Å². The van der Waals surface area contributed by atoms with Crippen molar-refractivity contribution in [2.24, 2.45) is 5.41 Å². The molecule has 136 valence electrons. The Morgan fingerprint density at radius 1 is 1.08 bits per heavy atom. The number of amides is 2. The first-order valence-electron chi connectivity index (χ1n) is 8.53. The van der Waals surface area contributed by atoms with Gasteiger partial charge in [0.1, 0.15) is 16.7 Å². The predicted octanol–water partition coefficient (Wildman–Crippen LogP) is 2.76. The van der Waals surface area contributed by atoms with Gasteiger partial charge in [0.25, 0.3) is 0 Å². The number of sulfonamides is 1. The number of para-hydroxylation sites is 2. The van der Waals surface area contributed by atoms with Gasteiger partial charge in [-0.1, -0.05) is 40.6 Å². The second kappa shape index (κ2) is 6.10. The lowest BCUT2D eigenvalue weighted by molar-refractivity contribution is 0.0421. The van der Waals surface area contributed by atoms with Gasteiger partial charge < -0.3 is 14.8 Å². The van der Waals surface area contributed by atoms with E-state index in [4.69, 9.17) is 0 Å². The van der Waals surface area contributed by atoms with E-state index in [9.17, 15) is 13.6 Å². The van der Waals surface area contributed by atoms with E-state index in [1.54, 1.807) is 4.90 Å². The van der Waals surface area contributed by atoms with Gasteiger partial charge in [-0.3, -0.25) is 0 Å². The molecule has 1 saturated heterocycles. The van der Waals surface area contributed by atoms with E-state index < -0.39 is 10.4 Å². The molecule has 0 bridgehead atoms. The lowest BCUT2D eigenvalue weighted by atomic mass is 9.72. The summed E-state index contributed by atoms with van der Waals surface area (Å²) in [6.45, 7) is 1.51. The number of urea groups is 1. The van der Waals surface area contributed by atoms with E-state index in [-0.39, 0.29) is 11.4 Å². The first-order valence-corrected chi connectivity index (χ1v) is 10.4. The van der Waals surface area contributed by atoms with Crippen molar-refractivity contribution in [2.45, 2.75) is 6.42 Å². The van der Waals surface area contributed by atoms with Crippen LogP contribution < -0.4 is 9.62 Å². The monoisotopic (exact) mass is 371 g/mol. The van der Waals surface area contributed by atoms with Crippen LogP contribution in [0.2, 0.25) is 0 Å². The number of anilines is 2. The highest BCUT2D eigenvalue weighted by Gasteiger charge is 2.51. The van der Waals surface area contributed by atoms with Crippen molar-refractivity contribution in [3.8, 4) is 0 Å². The summed E-state index contributed by atoms with van der Waals surface area (Å²) < 4.78 is 26.0. The number of likely N-dealkylation sites (tertiary alicyclic amines) is 1. The molecule has 26 heavy (non-hydrogen) atoms. The molecule has 2 aliphatic heterocycles. The van der Waals surface area contributed by atoms with E-state index in [0.29, 0.717) is 19.6 Å². The molecule has 2 aromatic rings. The van der Waals surface area contributed by atoms with Crippen LogP contribution in [-0.4, -0.2) is 41.4 Å². The summed E-state index contributed by atoms with van der Waals surface area (Å²) in [5.41, 5.74) is 2.32. The van der Waals surface area contributed by atoms with Crippen LogP contribution in [0.15, 0.2) is 54.6 Å². The molecule has 2 heterocycles. The van der Waals surface area contributed by atoms with Crippen molar-refractivity contribution in [1.29, 1.82) is 0 Å². The molecule has 1 fully saturated rings. The van der Waals surface area contributed by atoms with Gasteiger partial charge in [0.15, 0.2) is 0 Å². The SMILES string of the molecule is C[S+](=O)([O-])N1CC2(Cc3ccccc31)CN(C(=O)Nc1ccccc1)C2. The fourth-order valence-electron chi connectivity index (χ4n) is 3.89. The third-order valence-corrected chi connectivity index (χ3v) is 6.20. The van der Waals surface area contributed by atoms with Crippen LogP contribution in [0.25, 0.3) is 0 Å². The summed E-state index contributed by atoms with van der Waals surface area (Å²) in [4.78, 5) is 14.2. The van der Waals surface area contributed by atoms with Crippen molar-refractivity contribution < 1.29 is 13.6 Å². The molecule has 2 aromatic carbocycles. The molecule has 0 radical (unpaired) electrons. The number of carbonyl (C=O) groups excluding carboxylic acids is 1. The molecule has 0 aliphatic carbocycles. The molecule has 4 rings (SSSR count). The summed E-state index contributed by atoms with van der Waals surface area (Å²) in [7, 11) is -3.36. The topological polar surface area (TPSA) is 75.7 Å². The molecule has 1 spiro atoms. The number of hydrogen-bond donors (Lipinski definition) is 1. The zero-order valence-electron chi connectivity index (χ0n) is 14.6. The number of fused-ring (bicyclic) bond motifs is 1. The van der Waals surface area contributed by atoms with Gasteiger partial charge >= 0.3 is 6.03 Å². The van der Waals surface area contributed by atoms with Crippen LogP contribution in [0.1, 0.15) is 5.56 Å². The van der Waals surface area contributed by atoms with E-state index in [0.717, 1.165) is 23.4 Å². The summed E-state index contributed by atoms with van der Waals surface area (Å²) in [5, 5.41) is 2.88. The molecule has 1 N–H and O–H groups in total. The second-order valence-corrected chi connectivity index (χ2v) is 9.13. The minimum absolute atomic E-state index is 0.147. The lowest BCUT2D eigenvalue weighted by Crippen LogP contribution is -2.66. The molecule has 7 heteroatoms. The van der Waals surface area contributed by atoms with E-state index in [1.807, 2.05) is 54.6 Å². The predicted molar refractivity (Wildman–Crippen MR) is 102 cm³/mol. The number of nitrogens with one attached hydrogen (secondary N) is 1.